The number of aromatic nitrogens is 4. The summed E-state index contributed by atoms with van der Waals surface area (Å²) in [5, 5.41) is 0. The zero-order valence-corrected chi connectivity index (χ0v) is 12.7. The minimum Gasteiger partial charge on any atom is -0.369 e. The molecular weight excluding hydrogens is 278 g/mol. The van der Waals surface area contributed by atoms with Crippen molar-refractivity contribution < 1.29 is 0 Å². The summed E-state index contributed by atoms with van der Waals surface area (Å²) in [5.41, 5.74) is 6.69. The van der Waals surface area contributed by atoms with Gasteiger partial charge in [-0.1, -0.05) is 38.0 Å². The molecule has 0 fully saturated rings. The number of rotatable bonds is 0. The largest absolute Gasteiger partial charge is 0.369 e. The molecule has 6 nitrogen and oxygen atoms in total. The minimum absolute atomic E-state index is 0.0630. The number of aromatic amines is 1. The number of nitrogen functional groups attached to an aromatic ring is 1. The Balaban J connectivity index is 0.000000847. The summed E-state index contributed by atoms with van der Waals surface area (Å²) in [6.45, 7) is 4.00. The highest BCUT2D eigenvalue weighted by atomic mass is 16.1. The molecule has 112 valence electrons. The number of fused-ring (bicyclic) bond motifs is 1. The lowest BCUT2D eigenvalue weighted by molar-refractivity contribution is 0.909. The van der Waals surface area contributed by atoms with Gasteiger partial charge in [0.05, 0.1) is 0 Å². The first-order valence-corrected chi connectivity index (χ1v) is 6.94. The zero-order chi connectivity index (χ0) is 16.1. The monoisotopic (exact) mass is 295 g/mol. The number of H-pyrrole nitrogens is 1. The predicted octanol–water partition coefficient (Wildman–Crippen LogP) is 1.66. The molecule has 3 N–H and O–H groups in total. The molecule has 6 heteroatoms. The van der Waals surface area contributed by atoms with Gasteiger partial charge in [-0.25, -0.2) is 4.98 Å². The van der Waals surface area contributed by atoms with Crippen LogP contribution in [0.15, 0.2) is 35.1 Å². The molecule has 3 aromatic rings. The first-order valence-electron chi connectivity index (χ1n) is 6.94. The second kappa shape index (κ2) is 6.59. The Bertz CT molecular complexity index is 897. The highest BCUT2D eigenvalue weighted by Crippen LogP contribution is 2.08. The second-order valence-corrected chi connectivity index (χ2v) is 4.23. The van der Waals surface area contributed by atoms with E-state index in [1.165, 1.54) is 0 Å². The number of nitrogens with two attached hydrogens (primary N) is 1. The van der Waals surface area contributed by atoms with Gasteiger partial charge in [0.15, 0.2) is 17.0 Å². The fourth-order valence-electron chi connectivity index (χ4n) is 1.85. The molecule has 0 atom stereocenters. The van der Waals surface area contributed by atoms with Crippen LogP contribution in [0.2, 0.25) is 0 Å². The lowest BCUT2D eigenvalue weighted by Crippen LogP contribution is -2.11. The highest BCUT2D eigenvalue weighted by Gasteiger charge is 2.11. The lowest BCUT2D eigenvalue weighted by atomic mass is 10.2. The quantitative estimate of drug-likeness (QED) is 0.617. The Labute approximate surface area is 128 Å². The van der Waals surface area contributed by atoms with Crippen molar-refractivity contribution in [2.75, 3.05) is 5.73 Å². The summed E-state index contributed by atoms with van der Waals surface area (Å²) < 4.78 is 1.65. The van der Waals surface area contributed by atoms with Crippen molar-refractivity contribution in [3.63, 3.8) is 0 Å². The zero-order valence-electron chi connectivity index (χ0n) is 12.7. The number of anilines is 1. The highest BCUT2D eigenvalue weighted by molar-refractivity contribution is 5.72. The van der Waals surface area contributed by atoms with Crippen molar-refractivity contribution in [1.29, 1.82) is 0 Å². The number of hydrogen-bond acceptors (Lipinski definition) is 4. The fraction of sp³-hybridized carbons (Fsp3) is 0.188. The molecule has 0 bridgehead atoms. The van der Waals surface area contributed by atoms with Gasteiger partial charge in [-0.3, -0.25) is 9.78 Å². The van der Waals surface area contributed by atoms with E-state index in [0.717, 1.165) is 5.56 Å². The molecule has 3 rings (SSSR count). The van der Waals surface area contributed by atoms with Crippen molar-refractivity contribution in [2.24, 2.45) is 7.05 Å². The number of imidazole rings is 1. The molecule has 0 saturated heterocycles. The van der Waals surface area contributed by atoms with Gasteiger partial charge in [-0.05, 0) is 18.1 Å². The average Bonchev–Trinajstić information content (AvgIpc) is 2.85. The Morgan fingerprint density at radius 2 is 1.82 bits per heavy atom. The number of nitrogens with one attached hydrogen (secondary N) is 1. The van der Waals surface area contributed by atoms with E-state index < -0.39 is 0 Å². The van der Waals surface area contributed by atoms with Crippen LogP contribution < -0.4 is 11.3 Å². The Kier molecular flexibility index (Phi) is 4.59. The topological polar surface area (TPSA) is 89.6 Å². The molecule has 2 aromatic heterocycles. The first kappa shape index (κ1) is 15.3. The Morgan fingerprint density at radius 3 is 2.50 bits per heavy atom. The molecule has 1 aromatic carbocycles. The maximum Gasteiger partial charge on any atom is 0.280 e. The van der Waals surface area contributed by atoms with Crippen LogP contribution in [0, 0.1) is 11.8 Å². The summed E-state index contributed by atoms with van der Waals surface area (Å²) >= 11 is 0. The Hall–Kier alpha value is -3.07. The minimum atomic E-state index is -0.365. The first-order chi connectivity index (χ1) is 10.6. The van der Waals surface area contributed by atoms with Crippen LogP contribution >= 0.6 is 0 Å². The molecule has 0 aliphatic carbocycles. The van der Waals surface area contributed by atoms with Crippen molar-refractivity contribution >= 4 is 17.1 Å². The number of benzene rings is 1. The van der Waals surface area contributed by atoms with Gasteiger partial charge in [0.2, 0.25) is 5.95 Å². The third-order valence-corrected chi connectivity index (χ3v) is 2.84. The van der Waals surface area contributed by atoms with E-state index in [-0.39, 0.29) is 17.0 Å². The summed E-state index contributed by atoms with van der Waals surface area (Å²) in [4.78, 5) is 22.4. The van der Waals surface area contributed by atoms with Gasteiger partial charge in [-0.15, -0.1) is 0 Å². The van der Waals surface area contributed by atoms with Crippen LogP contribution in [0.3, 0.4) is 0 Å². The van der Waals surface area contributed by atoms with Crippen LogP contribution in [-0.2, 0) is 7.05 Å². The van der Waals surface area contributed by atoms with E-state index in [1.54, 1.807) is 11.6 Å². The number of aryl methyl sites for hydroxylation is 1. The maximum absolute atomic E-state index is 11.7. The molecule has 0 spiro atoms. The number of nitrogens with zero attached hydrogens (tertiary/aromatic N) is 3. The van der Waals surface area contributed by atoms with E-state index in [0.29, 0.717) is 11.5 Å². The molecule has 0 aliphatic heterocycles. The molecule has 0 amide bonds. The van der Waals surface area contributed by atoms with Crippen LogP contribution in [0.1, 0.15) is 25.2 Å². The average molecular weight is 295 g/mol. The normalized spacial score (nSPS) is 9.59. The van der Waals surface area contributed by atoms with Gasteiger partial charge in [0, 0.05) is 12.6 Å². The molecule has 0 saturated carbocycles. The summed E-state index contributed by atoms with van der Waals surface area (Å²) in [6.07, 6.45) is 0. The molecule has 0 aliphatic rings. The van der Waals surface area contributed by atoms with Crippen molar-refractivity contribution in [1.82, 2.24) is 19.5 Å². The maximum atomic E-state index is 11.7. The molecule has 2 heterocycles. The SMILES string of the molecule is CC.Cn1c(C#Cc2ccccc2)nc2c(=O)[nH]c(N)nc21. The van der Waals surface area contributed by atoms with Crippen molar-refractivity contribution in [2.45, 2.75) is 13.8 Å². The summed E-state index contributed by atoms with van der Waals surface area (Å²) in [5.74, 6) is 6.45. The van der Waals surface area contributed by atoms with E-state index in [9.17, 15) is 4.79 Å². The van der Waals surface area contributed by atoms with Gasteiger partial charge >= 0.3 is 0 Å². The van der Waals surface area contributed by atoms with Crippen molar-refractivity contribution in [3.05, 3.63) is 52.1 Å². The summed E-state index contributed by atoms with van der Waals surface area (Å²) in [6, 6.07) is 9.54. The van der Waals surface area contributed by atoms with Crippen LogP contribution in [0.4, 0.5) is 5.95 Å². The standard InChI is InChI=1S/C14H11N5O.C2H6/c1-19-10(8-7-9-5-3-2-4-6-9)16-11-12(19)17-14(15)18-13(11)20;1-2/h2-6H,1H3,(H3,15,17,18,20);1-2H3. The van der Waals surface area contributed by atoms with E-state index in [2.05, 4.69) is 26.8 Å². The van der Waals surface area contributed by atoms with E-state index >= 15 is 0 Å². The lowest BCUT2D eigenvalue weighted by Gasteiger charge is -1.95. The van der Waals surface area contributed by atoms with Gasteiger partial charge < -0.3 is 10.3 Å². The Morgan fingerprint density at radius 1 is 1.14 bits per heavy atom. The van der Waals surface area contributed by atoms with Gasteiger partial charge in [0.25, 0.3) is 5.56 Å². The fourth-order valence-corrected chi connectivity index (χ4v) is 1.85. The molecule has 0 radical (unpaired) electrons. The third kappa shape index (κ3) is 2.99. The molecular formula is C16H17N5O. The van der Waals surface area contributed by atoms with Crippen LogP contribution in [0.5, 0.6) is 0 Å². The summed E-state index contributed by atoms with van der Waals surface area (Å²) in [7, 11) is 1.75. The van der Waals surface area contributed by atoms with Crippen LogP contribution in [0.25, 0.3) is 11.2 Å². The van der Waals surface area contributed by atoms with E-state index in [4.69, 9.17) is 5.73 Å². The predicted molar refractivity (Wildman–Crippen MR) is 87.3 cm³/mol. The van der Waals surface area contributed by atoms with Crippen LogP contribution in [-0.4, -0.2) is 19.5 Å². The number of hydrogen-bond donors (Lipinski definition) is 2. The van der Waals surface area contributed by atoms with Gasteiger partial charge in [-0.2, -0.15) is 4.98 Å². The van der Waals surface area contributed by atoms with Gasteiger partial charge in [0.1, 0.15) is 0 Å². The van der Waals surface area contributed by atoms with Crippen molar-refractivity contribution in [3.8, 4) is 11.8 Å². The molecule has 22 heavy (non-hydrogen) atoms. The second-order valence-electron chi connectivity index (χ2n) is 4.23. The van der Waals surface area contributed by atoms with E-state index in [1.807, 2.05) is 44.2 Å². The smallest absolute Gasteiger partial charge is 0.280 e. The third-order valence-electron chi connectivity index (χ3n) is 2.84. The molecule has 0 unspecified atom stereocenters.